The number of hydrogen-bond donors (Lipinski definition) is 1. The van der Waals surface area contributed by atoms with Gasteiger partial charge >= 0.3 is 0 Å². The van der Waals surface area contributed by atoms with Crippen LogP contribution in [0.25, 0.3) is 0 Å². The first-order valence-corrected chi connectivity index (χ1v) is 5.45. The Bertz CT molecular complexity index is 397. The largest absolute Gasteiger partial charge is 0.496 e. The molecule has 0 aliphatic carbocycles. The highest BCUT2D eigenvalue weighted by Crippen LogP contribution is 2.28. The van der Waals surface area contributed by atoms with Crippen LogP contribution in [0.4, 0.5) is 0 Å². The summed E-state index contributed by atoms with van der Waals surface area (Å²) < 4.78 is 5.29. The minimum atomic E-state index is 0.0599. The molecule has 82 valence electrons. The number of ketones is 1. The SMILES string of the molecule is COc1c(C)cc(C(=O)CS)c(C)c1C. The van der Waals surface area contributed by atoms with Crippen molar-refractivity contribution >= 4 is 18.4 Å². The van der Waals surface area contributed by atoms with Gasteiger partial charge in [0.2, 0.25) is 0 Å². The van der Waals surface area contributed by atoms with Gasteiger partial charge in [-0.2, -0.15) is 12.6 Å². The van der Waals surface area contributed by atoms with Crippen LogP contribution in [-0.4, -0.2) is 18.6 Å². The number of rotatable bonds is 3. The van der Waals surface area contributed by atoms with Crippen LogP contribution in [0.2, 0.25) is 0 Å². The van der Waals surface area contributed by atoms with Crippen molar-refractivity contribution < 1.29 is 9.53 Å². The average molecular weight is 224 g/mol. The quantitative estimate of drug-likeness (QED) is 0.631. The number of thiol groups is 1. The zero-order valence-corrected chi connectivity index (χ0v) is 10.4. The second-order valence-electron chi connectivity index (χ2n) is 3.61. The average Bonchev–Trinajstić information content (AvgIpc) is 2.23. The number of ether oxygens (including phenoxy) is 1. The lowest BCUT2D eigenvalue weighted by atomic mass is 9.96. The molecule has 0 saturated carbocycles. The Balaban J connectivity index is 3.40. The zero-order valence-electron chi connectivity index (χ0n) is 9.55. The molecule has 0 aliphatic rings. The maximum atomic E-state index is 11.6. The van der Waals surface area contributed by atoms with Crippen molar-refractivity contribution in [1.29, 1.82) is 0 Å². The van der Waals surface area contributed by atoms with Crippen LogP contribution < -0.4 is 4.74 Å². The van der Waals surface area contributed by atoms with Crippen molar-refractivity contribution in [3.8, 4) is 5.75 Å². The molecule has 3 heteroatoms. The van der Waals surface area contributed by atoms with Crippen molar-refractivity contribution in [2.75, 3.05) is 12.9 Å². The molecule has 0 N–H and O–H groups in total. The Hall–Kier alpha value is -0.960. The van der Waals surface area contributed by atoms with Crippen LogP contribution in [-0.2, 0) is 0 Å². The molecular formula is C12H16O2S. The van der Waals surface area contributed by atoms with E-state index in [2.05, 4.69) is 12.6 Å². The third-order valence-corrected chi connectivity index (χ3v) is 2.96. The second kappa shape index (κ2) is 4.71. The zero-order chi connectivity index (χ0) is 11.6. The third-order valence-electron chi connectivity index (χ3n) is 2.67. The van der Waals surface area contributed by atoms with Crippen LogP contribution in [0.1, 0.15) is 27.0 Å². The molecule has 0 amide bonds. The topological polar surface area (TPSA) is 26.3 Å². The summed E-state index contributed by atoms with van der Waals surface area (Å²) in [4.78, 5) is 11.6. The summed E-state index contributed by atoms with van der Waals surface area (Å²) >= 11 is 4.01. The van der Waals surface area contributed by atoms with E-state index < -0.39 is 0 Å². The molecule has 0 saturated heterocycles. The standard InChI is InChI=1S/C12H16O2S/c1-7-5-10(11(13)6-15)8(2)9(3)12(7)14-4/h5,15H,6H2,1-4H3. The van der Waals surface area contributed by atoms with Crippen LogP contribution >= 0.6 is 12.6 Å². The highest BCUT2D eigenvalue weighted by molar-refractivity contribution is 7.81. The monoisotopic (exact) mass is 224 g/mol. The molecule has 0 fully saturated rings. The first-order chi connectivity index (χ1) is 7.02. The Labute approximate surface area is 96.1 Å². The van der Waals surface area contributed by atoms with Gasteiger partial charge < -0.3 is 4.74 Å². The van der Waals surface area contributed by atoms with E-state index in [1.165, 1.54) is 0 Å². The molecule has 0 radical (unpaired) electrons. The fourth-order valence-electron chi connectivity index (χ4n) is 1.75. The van der Waals surface area contributed by atoms with Gasteiger partial charge in [-0.1, -0.05) is 0 Å². The normalized spacial score (nSPS) is 10.2. The molecule has 0 spiro atoms. The predicted molar refractivity (Wildman–Crippen MR) is 65.4 cm³/mol. The number of carbonyl (C=O) groups is 1. The van der Waals surface area contributed by atoms with Crippen LogP contribution in [0.5, 0.6) is 5.75 Å². The van der Waals surface area contributed by atoms with Gasteiger partial charge in [0.25, 0.3) is 0 Å². The fraction of sp³-hybridized carbons (Fsp3) is 0.417. The fourth-order valence-corrected chi connectivity index (χ4v) is 1.92. The Morgan fingerprint density at radius 2 is 1.93 bits per heavy atom. The van der Waals surface area contributed by atoms with Gasteiger partial charge in [-0.15, -0.1) is 0 Å². The first kappa shape index (κ1) is 12.1. The number of Topliss-reactive ketones (excluding diaryl/α,β-unsaturated/α-hetero) is 1. The van der Waals surface area contributed by atoms with Crippen molar-refractivity contribution in [2.24, 2.45) is 0 Å². The molecule has 0 bridgehead atoms. The molecule has 1 aromatic carbocycles. The third kappa shape index (κ3) is 2.17. The molecule has 0 aromatic heterocycles. The number of methoxy groups -OCH3 is 1. The molecule has 15 heavy (non-hydrogen) atoms. The van der Waals surface area contributed by atoms with Gasteiger partial charge in [0.15, 0.2) is 5.78 Å². The smallest absolute Gasteiger partial charge is 0.172 e. The summed E-state index contributed by atoms with van der Waals surface area (Å²) in [7, 11) is 1.65. The van der Waals surface area contributed by atoms with Crippen LogP contribution in [0.15, 0.2) is 6.07 Å². The second-order valence-corrected chi connectivity index (χ2v) is 3.92. The van der Waals surface area contributed by atoms with Gasteiger partial charge in [-0.3, -0.25) is 4.79 Å². The van der Waals surface area contributed by atoms with E-state index in [4.69, 9.17) is 4.74 Å². The lowest BCUT2D eigenvalue weighted by Crippen LogP contribution is -2.06. The lowest BCUT2D eigenvalue weighted by Gasteiger charge is -2.14. The van der Waals surface area contributed by atoms with E-state index in [-0.39, 0.29) is 11.5 Å². The molecule has 0 unspecified atom stereocenters. The molecule has 2 nitrogen and oxygen atoms in total. The van der Waals surface area contributed by atoms with E-state index in [9.17, 15) is 4.79 Å². The van der Waals surface area contributed by atoms with Gasteiger partial charge in [0.05, 0.1) is 12.9 Å². The summed E-state index contributed by atoms with van der Waals surface area (Å²) in [5.41, 5.74) is 3.76. The van der Waals surface area contributed by atoms with Gasteiger partial charge in [-0.25, -0.2) is 0 Å². The molecule has 0 atom stereocenters. The van der Waals surface area contributed by atoms with E-state index in [0.29, 0.717) is 0 Å². The highest BCUT2D eigenvalue weighted by atomic mass is 32.1. The van der Waals surface area contributed by atoms with Gasteiger partial charge in [0, 0.05) is 5.56 Å². The summed E-state index contributed by atoms with van der Waals surface area (Å²) in [6, 6.07) is 1.87. The van der Waals surface area contributed by atoms with E-state index >= 15 is 0 Å². The van der Waals surface area contributed by atoms with E-state index in [0.717, 1.165) is 28.0 Å². The minimum Gasteiger partial charge on any atom is -0.496 e. The van der Waals surface area contributed by atoms with Crippen molar-refractivity contribution in [2.45, 2.75) is 20.8 Å². The van der Waals surface area contributed by atoms with Gasteiger partial charge in [-0.05, 0) is 43.5 Å². The summed E-state index contributed by atoms with van der Waals surface area (Å²) in [6.45, 7) is 5.85. The number of carbonyl (C=O) groups excluding carboxylic acids is 1. The minimum absolute atomic E-state index is 0.0599. The number of benzene rings is 1. The summed E-state index contributed by atoms with van der Waals surface area (Å²) in [6.07, 6.45) is 0. The molecule has 1 aromatic rings. The first-order valence-electron chi connectivity index (χ1n) is 4.81. The Morgan fingerprint density at radius 1 is 1.33 bits per heavy atom. The molecule has 0 aliphatic heterocycles. The van der Waals surface area contributed by atoms with Crippen molar-refractivity contribution in [3.05, 3.63) is 28.3 Å². The van der Waals surface area contributed by atoms with Crippen molar-refractivity contribution in [3.63, 3.8) is 0 Å². The van der Waals surface area contributed by atoms with E-state index in [1.54, 1.807) is 7.11 Å². The highest BCUT2D eigenvalue weighted by Gasteiger charge is 2.14. The lowest BCUT2D eigenvalue weighted by molar-refractivity contribution is 0.102. The Morgan fingerprint density at radius 3 is 2.40 bits per heavy atom. The Kier molecular flexibility index (Phi) is 3.80. The van der Waals surface area contributed by atoms with Gasteiger partial charge in [0.1, 0.15) is 5.75 Å². The van der Waals surface area contributed by atoms with E-state index in [1.807, 2.05) is 26.8 Å². The molecular weight excluding hydrogens is 208 g/mol. The molecule has 0 heterocycles. The van der Waals surface area contributed by atoms with Crippen LogP contribution in [0.3, 0.4) is 0 Å². The van der Waals surface area contributed by atoms with Crippen molar-refractivity contribution in [1.82, 2.24) is 0 Å². The number of hydrogen-bond acceptors (Lipinski definition) is 3. The maximum absolute atomic E-state index is 11.6. The number of aryl methyl sites for hydroxylation is 1. The molecule has 1 rings (SSSR count). The van der Waals surface area contributed by atoms with Crippen LogP contribution in [0, 0.1) is 20.8 Å². The maximum Gasteiger partial charge on any atom is 0.172 e. The predicted octanol–water partition coefficient (Wildman–Crippen LogP) is 2.73. The summed E-state index contributed by atoms with van der Waals surface area (Å²) in [5.74, 6) is 1.17. The summed E-state index contributed by atoms with van der Waals surface area (Å²) in [5, 5.41) is 0.